The smallest absolute Gasteiger partial charge is 0.0752 e. The van der Waals surface area contributed by atoms with Crippen molar-refractivity contribution < 1.29 is 9.47 Å². The van der Waals surface area contributed by atoms with Crippen LogP contribution in [0.4, 0.5) is 0 Å². The van der Waals surface area contributed by atoms with Crippen molar-refractivity contribution in [2.45, 2.75) is 75.5 Å². The maximum absolute atomic E-state index is 6.55. The quantitative estimate of drug-likeness (QED) is 0.852. The predicted molar refractivity (Wildman–Crippen MR) is 76.0 cm³/mol. The van der Waals surface area contributed by atoms with Crippen LogP contribution in [0, 0.1) is 11.8 Å². The first-order valence-electron chi connectivity index (χ1n) is 8.16. The van der Waals surface area contributed by atoms with E-state index in [1.54, 1.807) is 0 Å². The van der Waals surface area contributed by atoms with Gasteiger partial charge in [-0.25, -0.2) is 0 Å². The van der Waals surface area contributed by atoms with Crippen molar-refractivity contribution in [1.29, 1.82) is 0 Å². The predicted octanol–water partition coefficient (Wildman–Crippen LogP) is 2.87. The molecule has 0 radical (unpaired) electrons. The van der Waals surface area contributed by atoms with Crippen molar-refractivity contribution in [3.63, 3.8) is 0 Å². The molecule has 3 unspecified atom stereocenters. The molecular formula is C16H29NO2. The molecule has 2 saturated carbocycles. The summed E-state index contributed by atoms with van der Waals surface area (Å²) in [5, 5.41) is 0. The fourth-order valence-electron chi connectivity index (χ4n) is 4.30. The van der Waals surface area contributed by atoms with Gasteiger partial charge in [0.25, 0.3) is 0 Å². The molecule has 19 heavy (non-hydrogen) atoms. The van der Waals surface area contributed by atoms with Crippen LogP contribution in [0.15, 0.2) is 0 Å². The van der Waals surface area contributed by atoms with Crippen LogP contribution in [0.25, 0.3) is 0 Å². The number of methoxy groups -OCH3 is 1. The van der Waals surface area contributed by atoms with Crippen LogP contribution < -0.4 is 5.73 Å². The second-order valence-electron chi connectivity index (χ2n) is 6.96. The second-order valence-corrected chi connectivity index (χ2v) is 6.96. The third-order valence-corrected chi connectivity index (χ3v) is 5.58. The van der Waals surface area contributed by atoms with Crippen molar-refractivity contribution in [3.05, 3.63) is 0 Å². The summed E-state index contributed by atoms with van der Waals surface area (Å²) >= 11 is 0. The maximum atomic E-state index is 6.55. The largest absolute Gasteiger partial charge is 0.380 e. The minimum absolute atomic E-state index is 0.167. The molecule has 1 heterocycles. The molecule has 0 aromatic heterocycles. The lowest BCUT2D eigenvalue weighted by Gasteiger charge is -2.46. The molecular weight excluding hydrogens is 238 g/mol. The van der Waals surface area contributed by atoms with Gasteiger partial charge in [0.05, 0.1) is 11.7 Å². The normalized spacial score (nSPS) is 34.1. The highest BCUT2D eigenvalue weighted by Crippen LogP contribution is 2.44. The molecule has 0 aromatic rings. The lowest BCUT2D eigenvalue weighted by Crippen LogP contribution is -2.51. The number of hydrogen-bond acceptors (Lipinski definition) is 3. The van der Waals surface area contributed by atoms with E-state index in [0.29, 0.717) is 5.92 Å². The summed E-state index contributed by atoms with van der Waals surface area (Å²) in [6.07, 6.45) is 11.7. The topological polar surface area (TPSA) is 44.5 Å². The lowest BCUT2D eigenvalue weighted by atomic mass is 9.73. The number of hydrogen-bond donors (Lipinski definition) is 1. The molecule has 3 atom stereocenters. The van der Waals surface area contributed by atoms with E-state index >= 15 is 0 Å². The highest BCUT2D eigenvalue weighted by atomic mass is 16.5. The molecule has 1 aliphatic heterocycles. The Balaban J connectivity index is 1.63. The first kappa shape index (κ1) is 13.8. The molecule has 0 amide bonds. The zero-order valence-electron chi connectivity index (χ0n) is 12.3. The molecule has 1 spiro atoms. The molecule has 3 fully saturated rings. The van der Waals surface area contributed by atoms with Crippen LogP contribution >= 0.6 is 0 Å². The number of rotatable bonds is 4. The molecule has 0 bridgehead atoms. The van der Waals surface area contributed by atoms with E-state index in [2.05, 4.69) is 0 Å². The summed E-state index contributed by atoms with van der Waals surface area (Å²) in [5.74, 6) is 1.32. The van der Waals surface area contributed by atoms with Crippen LogP contribution in [-0.2, 0) is 9.47 Å². The fourth-order valence-corrected chi connectivity index (χ4v) is 4.30. The lowest BCUT2D eigenvalue weighted by molar-refractivity contribution is -0.126. The van der Waals surface area contributed by atoms with Crippen LogP contribution in [0.2, 0.25) is 0 Å². The van der Waals surface area contributed by atoms with Crippen LogP contribution in [0.5, 0.6) is 0 Å². The zero-order valence-corrected chi connectivity index (χ0v) is 12.3. The van der Waals surface area contributed by atoms with Gasteiger partial charge in [0.15, 0.2) is 0 Å². The van der Waals surface area contributed by atoms with Crippen molar-refractivity contribution in [2.24, 2.45) is 17.6 Å². The van der Waals surface area contributed by atoms with Gasteiger partial charge < -0.3 is 15.2 Å². The van der Waals surface area contributed by atoms with E-state index in [1.165, 1.54) is 51.4 Å². The van der Waals surface area contributed by atoms with Crippen molar-refractivity contribution in [1.82, 2.24) is 0 Å². The van der Waals surface area contributed by atoms with Gasteiger partial charge in [-0.3, -0.25) is 0 Å². The van der Waals surface area contributed by atoms with Crippen LogP contribution in [0.3, 0.4) is 0 Å². The molecule has 3 nitrogen and oxygen atoms in total. The number of ether oxygens (including phenoxy) is 2. The average Bonchev–Trinajstić information content (AvgIpc) is 3.25. The minimum Gasteiger partial charge on any atom is -0.380 e. The third-order valence-electron chi connectivity index (χ3n) is 5.58. The Bertz CT molecular complexity index is 292. The molecule has 3 heteroatoms. The van der Waals surface area contributed by atoms with Crippen LogP contribution in [-0.4, -0.2) is 31.5 Å². The monoisotopic (exact) mass is 267 g/mol. The first-order chi connectivity index (χ1) is 9.24. The highest BCUT2D eigenvalue weighted by molar-refractivity contribution is 4.97. The molecule has 110 valence electrons. The third kappa shape index (κ3) is 2.98. The van der Waals surface area contributed by atoms with Gasteiger partial charge in [0.2, 0.25) is 0 Å². The number of nitrogens with two attached hydrogens (primary N) is 1. The summed E-state index contributed by atoms with van der Waals surface area (Å²) in [7, 11) is 1.83. The van der Waals surface area contributed by atoms with Gasteiger partial charge in [0.1, 0.15) is 0 Å². The molecule has 2 aliphatic carbocycles. The summed E-state index contributed by atoms with van der Waals surface area (Å²) in [6, 6.07) is 0.209. The highest BCUT2D eigenvalue weighted by Gasteiger charge is 2.44. The minimum atomic E-state index is 0.167. The van der Waals surface area contributed by atoms with Gasteiger partial charge >= 0.3 is 0 Å². The molecule has 2 N–H and O–H groups in total. The molecule has 0 aromatic carbocycles. The Kier molecular flexibility index (Phi) is 4.16. The van der Waals surface area contributed by atoms with E-state index in [4.69, 9.17) is 15.2 Å². The first-order valence-corrected chi connectivity index (χ1v) is 8.16. The maximum Gasteiger partial charge on any atom is 0.0752 e. The van der Waals surface area contributed by atoms with E-state index in [0.717, 1.165) is 18.9 Å². The summed E-state index contributed by atoms with van der Waals surface area (Å²) in [4.78, 5) is 0. The van der Waals surface area contributed by atoms with Gasteiger partial charge in [-0.05, 0) is 50.4 Å². The van der Waals surface area contributed by atoms with Gasteiger partial charge in [-0.2, -0.15) is 0 Å². The van der Waals surface area contributed by atoms with E-state index in [9.17, 15) is 0 Å². The van der Waals surface area contributed by atoms with E-state index in [1.807, 2.05) is 7.11 Å². The Morgan fingerprint density at radius 3 is 2.47 bits per heavy atom. The van der Waals surface area contributed by atoms with E-state index in [-0.39, 0.29) is 17.7 Å². The molecule has 3 rings (SSSR count). The summed E-state index contributed by atoms with van der Waals surface area (Å²) < 4.78 is 11.9. The summed E-state index contributed by atoms with van der Waals surface area (Å²) in [5.41, 5.74) is 6.72. The Morgan fingerprint density at radius 1 is 1.11 bits per heavy atom. The Hall–Kier alpha value is -0.120. The van der Waals surface area contributed by atoms with Gasteiger partial charge in [-0.1, -0.05) is 19.3 Å². The van der Waals surface area contributed by atoms with Crippen molar-refractivity contribution >= 4 is 0 Å². The van der Waals surface area contributed by atoms with Gasteiger partial charge in [0, 0.05) is 19.8 Å². The fraction of sp³-hybridized carbons (Fsp3) is 1.00. The summed E-state index contributed by atoms with van der Waals surface area (Å²) in [6.45, 7) is 0.902. The second kappa shape index (κ2) is 5.71. The average molecular weight is 267 g/mol. The zero-order chi connectivity index (χ0) is 13.3. The molecule has 1 saturated heterocycles. The Morgan fingerprint density at radius 2 is 1.84 bits per heavy atom. The van der Waals surface area contributed by atoms with Crippen LogP contribution in [0.1, 0.15) is 57.8 Å². The Labute approximate surface area is 117 Å². The molecule has 3 aliphatic rings. The van der Waals surface area contributed by atoms with E-state index < -0.39 is 0 Å². The SMILES string of the molecule is COC(C1CC1)C(N)C1CCOC2(CCCCC2)C1. The van der Waals surface area contributed by atoms with Gasteiger partial charge in [-0.15, -0.1) is 0 Å². The van der Waals surface area contributed by atoms with Crippen molar-refractivity contribution in [3.8, 4) is 0 Å². The van der Waals surface area contributed by atoms with Crippen molar-refractivity contribution in [2.75, 3.05) is 13.7 Å². The standard InChI is InChI=1S/C16H29NO2/c1-18-15(12-5-6-12)14(17)13-7-10-19-16(11-13)8-3-2-4-9-16/h12-15H,2-11,17H2,1H3.